The predicted octanol–water partition coefficient (Wildman–Crippen LogP) is -0.243. The molecule has 1 amide bonds. The molecule has 0 saturated carbocycles. The molecule has 1 saturated heterocycles. The van der Waals surface area contributed by atoms with Crippen LogP contribution in [-0.4, -0.2) is 54.1 Å². The molecule has 0 spiro atoms. The van der Waals surface area contributed by atoms with Crippen molar-refractivity contribution in [3.8, 4) is 0 Å². The summed E-state index contributed by atoms with van der Waals surface area (Å²) in [4.78, 5) is 32.7. The number of carbonyl (C=O) groups is 1. The van der Waals surface area contributed by atoms with Crippen molar-refractivity contribution in [1.29, 1.82) is 0 Å². The van der Waals surface area contributed by atoms with Gasteiger partial charge in [-0.05, 0) is 43.3 Å². The monoisotopic (exact) mass is 360 g/mol. The highest BCUT2D eigenvalue weighted by Crippen LogP contribution is 2.11. The topological polar surface area (TPSA) is 122 Å². The number of aromatic nitrogens is 6. The highest BCUT2D eigenvalue weighted by Gasteiger charge is 2.15. The maximum atomic E-state index is 12.2. The standard InChI is InChI=1S/C16H24N8O2/c1-12-18-13(8-15(25)19-12)9-17-16(26)11-24-14(20-21-22-24)10-23-6-4-2-3-5-7-23/h8H,2-7,9-11H2,1H3,(H,17,26)(H,18,19,25). The number of aryl methyl sites for hydroxylation is 1. The van der Waals surface area contributed by atoms with Gasteiger partial charge in [0.2, 0.25) is 5.91 Å². The molecule has 0 radical (unpaired) electrons. The second-order valence-corrected chi connectivity index (χ2v) is 6.54. The van der Waals surface area contributed by atoms with E-state index in [9.17, 15) is 9.59 Å². The van der Waals surface area contributed by atoms with Gasteiger partial charge in [-0.1, -0.05) is 12.8 Å². The summed E-state index contributed by atoms with van der Waals surface area (Å²) >= 11 is 0. The van der Waals surface area contributed by atoms with Crippen LogP contribution in [-0.2, 0) is 24.4 Å². The Hall–Kier alpha value is -2.62. The number of tetrazole rings is 1. The summed E-state index contributed by atoms with van der Waals surface area (Å²) in [6.07, 6.45) is 4.90. The highest BCUT2D eigenvalue weighted by molar-refractivity contribution is 5.75. The minimum atomic E-state index is -0.234. The molecule has 1 fully saturated rings. The van der Waals surface area contributed by atoms with Crippen molar-refractivity contribution in [3.05, 3.63) is 33.8 Å². The Bertz CT molecular complexity index is 792. The molecule has 0 aliphatic carbocycles. The number of amides is 1. The number of hydrogen-bond acceptors (Lipinski definition) is 7. The van der Waals surface area contributed by atoms with Crippen LogP contribution >= 0.6 is 0 Å². The first kappa shape index (κ1) is 18.2. The molecule has 2 N–H and O–H groups in total. The van der Waals surface area contributed by atoms with E-state index >= 15 is 0 Å². The Morgan fingerprint density at radius 3 is 2.77 bits per heavy atom. The van der Waals surface area contributed by atoms with Gasteiger partial charge in [-0.2, -0.15) is 0 Å². The number of carbonyl (C=O) groups excluding carboxylic acids is 1. The molecule has 140 valence electrons. The quantitative estimate of drug-likeness (QED) is 0.729. The van der Waals surface area contributed by atoms with Crippen molar-refractivity contribution in [1.82, 2.24) is 40.4 Å². The Labute approximate surface area is 151 Å². The number of H-pyrrole nitrogens is 1. The fraction of sp³-hybridized carbons (Fsp3) is 0.625. The van der Waals surface area contributed by atoms with Crippen molar-refractivity contribution in [2.45, 2.75) is 52.2 Å². The van der Waals surface area contributed by atoms with Crippen molar-refractivity contribution in [2.75, 3.05) is 13.1 Å². The van der Waals surface area contributed by atoms with Gasteiger partial charge in [-0.15, -0.1) is 5.10 Å². The van der Waals surface area contributed by atoms with E-state index in [4.69, 9.17) is 0 Å². The maximum Gasteiger partial charge on any atom is 0.251 e. The average Bonchev–Trinajstić information content (AvgIpc) is 2.85. The lowest BCUT2D eigenvalue weighted by atomic mass is 10.2. The molecule has 0 unspecified atom stereocenters. The first-order valence-corrected chi connectivity index (χ1v) is 8.91. The zero-order valence-electron chi connectivity index (χ0n) is 14.9. The van der Waals surface area contributed by atoms with E-state index in [1.165, 1.54) is 36.4 Å². The van der Waals surface area contributed by atoms with Crippen LogP contribution in [0.4, 0.5) is 0 Å². The number of likely N-dealkylation sites (tertiary alicyclic amines) is 1. The van der Waals surface area contributed by atoms with E-state index in [-0.39, 0.29) is 24.6 Å². The molecule has 1 aliphatic heterocycles. The molecule has 2 aromatic rings. The third-order valence-corrected chi connectivity index (χ3v) is 4.34. The van der Waals surface area contributed by atoms with Gasteiger partial charge >= 0.3 is 0 Å². The number of hydrogen-bond donors (Lipinski definition) is 2. The Morgan fingerprint density at radius 2 is 2.04 bits per heavy atom. The summed E-state index contributed by atoms with van der Waals surface area (Å²) < 4.78 is 1.52. The van der Waals surface area contributed by atoms with E-state index in [1.54, 1.807) is 6.92 Å². The SMILES string of the molecule is Cc1nc(CNC(=O)Cn2nnnc2CN2CCCCCC2)cc(=O)[nH]1. The largest absolute Gasteiger partial charge is 0.349 e. The Balaban J connectivity index is 1.54. The van der Waals surface area contributed by atoms with Crippen molar-refractivity contribution in [3.63, 3.8) is 0 Å². The smallest absolute Gasteiger partial charge is 0.251 e. The van der Waals surface area contributed by atoms with Gasteiger partial charge < -0.3 is 10.3 Å². The van der Waals surface area contributed by atoms with Gasteiger partial charge in [-0.25, -0.2) is 9.67 Å². The van der Waals surface area contributed by atoms with Gasteiger partial charge in [0.15, 0.2) is 5.82 Å². The highest BCUT2D eigenvalue weighted by atomic mass is 16.2. The third kappa shape index (κ3) is 5.19. The van der Waals surface area contributed by atoms with E-state index in [2.05, 4.69) is 35.7 Å². The molecule has 10 nitrogen and oxygen atoms in total. The van der Waals surface area contributed by atoms with Gasteiger partial charge in [0.25, 0.3) is 5.56 Å². The summed E-state index contributed by atoms with van der Waals surface area (Å²) in [5.74, 6) is 0.975. The molecule has 3 rings (SSSR count). The van der Waals surface area contributed by atoms with Crippen LogP contribution in [0.3, 0.4) is 0 Å². The molecule has 0 aromatic carbocycles. The van der Waals surface area contributed by atoms with Crippen LogP contribution in [0.25, 0.3) is 0 Å². The fourth-order valence-electron chi connectivity index (χ4n) is 3.07. The molecule has 1 aliphatic rings. The number of aromatic amines is 1. The summed E-state index contributed by atoms with van der Waals surface area (Å²) in [7, 11) is 0. The molecule has 0 bridgehead atoms. The van der Waals surface area contributed by atoms with Crippen LogP contribution in [0.5, 0.6) is 0 Å². The molecule has 2 aromatic heterocycles. The van der Waals surface area contributed by atoms with Gasteiger partial charge in [0.1, 0.15) is 12.4 Å². The van der Waals surface area contributed by atoms with Crippen LogP contribution < -0.4 is 10.9 Å². The number of nitrogens with one attached hydrogen (secondary N) is 2. The Morgan fingerprint density at radius 1 is 1.27 bits per heavy atom. The van der Waals surface area contributed by atoms with Crippen LogP contribution in [0, 0.1) is 6.92 Å². The molecule has 0 atom stereocenters. The van der Waals surface area contributed by atoms with E-state index in [0.29, 0.717) is 23.9 Å². The van der Waals surface area contributed by atoms with Gasteiger partial charge in [-0.3, -0.25) is 14.5 Å². The molecule has 3 heterocycles. The predicted molar refractivity (Wildman–Crippen MR) is 93.0 cm³/mol. The maximum absolute atomic E-state index is 12.2. The zero-order valence-corrected chi connectivity index (χ0v) is 14.9. The normalized spacial score (nSPS) is 15.6. The summed E-state index contributed by atoms with van der Waals surface area (Å²) in [6.45, 7) is 4.64. The average molecular weight is 360 g/mol. The van der Waals surface area contributed by atoms with Crippen LogP contribution in [0.15, 0.2) is 10.9 Å². The van der Waals surface area contributed by atoms with E-state index in [1.807, 2.05) is 0 Å². The van der Waals surface area contributed by atoms with Crippen LogP contribution in [0.2, 0.25) is 0 Å². The zero-order chi connectivity index (χ0) is 18.4. The fourth-order valence-corrected chi connectivity index (χ4v) is 3.07. The minimum Gasteiger partial charge on any atom is -0.349 e. The molecular weight excluding hydrogens is 336 g/mol. The number of rotatable bonds is 6. The lowest BCUT2D eigenvalue weighted by Gasteiger charge is -2.18. The molecule has 10 heteroatoms. The summed E-state index contributed by atoms with van der Waals surface area (Å²) in [6, 6.07) is 1.37. The minimum absolute atomic E-state index is 0.0400. The Kier molecular flexibility index (Phi) is 6.05. The van der Waals surface area contributed by atoms with Gasteiger partial charge in [0.05, 0.1) is 18.8 Å². The first-order chi connectivity index (χ1) is 12.6. The van der Waals surface area contributed by atoms with Crippen LogP contribution in [0.1, 0.15) is 43.0 Å². The lowest BCUT2D eigenvalue weighted by molar-refractivity contribution is -0.122. The second kappa shape index (κ2) is 8.65. The molecular formula is C16H24N8O2. The van der Waals surface area contributed by atoms with E-state index in [0.717, 1.165) is 13.1 Å². The second-order valence-electron chi connectivity index (χ2n) is 6.54. The lowest BCUT2D eigenvalue weighted by Crippen LogP contribution is -2.31. The third-order valence-electron chi connectivity index (χ3n) is 4.34. The van der Waals surface area contributed by atoms with E-state index < -0.39 is 0 Å². The van der Waals surface area contributed by atoms with Crippen molar-refractivity contribution in [2.24, 2.45) is 0 Å². The van der Waals surface area contributed by atoms with Gasteiger partial charge in [0, 0.05) is 6.07 Å². The molecule has 26 heavy (non-hydrogen) atoms. The van der Waals surface area contributed by atoms with Crippen molar-refractivity contribution < 1.29 is 4.79 Å². The van der Waals surface area contributed by atoms with Crippen molar-refractivity contribution >= 4 is 5.91 Å². The first-order valence-electron chi connectivity index (χ1n) is 8.91. The summed E-state index contributed by atoms with van der Waals surface area (Å²) in [5.41, 5.74) is 0.281. The number of nitrogens with zero attached hydrogens (tertiary/aromatic N) is 6. The summed E-state index contributed by atoms with van der Waals surface area (Å²) in [5, 5.41) is 14.4.